The third kappa shape index (κ3) is 3.26. The number of hydrogen-bond acceptors (Lipinski definition) is 5. The van der Waals surface area contributed by atoms with Crippen molar-refractivity contribution in [3.63, 3.8) is 0 Å². The van der Waals surface area contributed by atoms with Gasteiger partial charge in [-0.25, -0.2) is 18.3 Å². The number of hydrogen-bond donors (Lipinski definition) is 1. The molecule has 1 N–H and O–H groups in total. The van der Waals surface area contributed by atoms with E-state index in [-0.39, 0.29) is 5.95 Å². The molecule has 0 bridgehead atoms. The summed E-state index contributed by atoms with van der Waals surface area (Å²) >= 11 is 0. The molecule has 1 aliphatic rings. The molecule has 1 aliphatic heterocycles. The highest BCUT2D eigenvalue weighted by Crippen LogP contribution is 2.30. The molecule has 0 aromatic carbocycles. The largest absolute Gasteiger partial charge is 0.347 e. The van der Waals surface area contributed by atoms with E-state index in [0.29, 0.717) is 0 Å². The Bertz CT molecular complexity index is 1000. The summed E-state index contributed by atoms with van der Waals surface area (Å²) in [6.07, 6.45) is 5.17. The molecule has 0 atom stereocenters. The van der Waals surface area contributed by atoms with Crippen LogP contribution in [-0.4, -0.2) is 37.8 Å². The van der Waals surface area contributed by atoms with Crippen molar-refractivity contribution in [1.29, 1.82) is 0 Å². The first-order valence-electron chi connectivity index (χ1n) is 8.40. The van der Waals surface area contributed by atoms with Crippen LogP contribution in [0.2, 0.25) is 0 Å². The number of aliphatic imine (C=N–C) groups is 1. The van der Waals surface area contributed by atoms with Gasteiger partial charge in [-0.3, -0.25) is 9.98 Å². The zero-order valence-corrected chi connectivity index (χ0v) is 14.5. The molecule has 0 saturated carbocycles. The van der Waals surface area contributed by atoms with Crippen molar-refractivity contribution in [2.75, 3.05) is 11.9 Å². The second-order valence-electron chi connectivity index (χ2n) is 6.57. The maximum absolute atomic E-state index is 13.0. The monoisotopic (exact) mass is 356 g/mol. The van der Waals surface area contributed by atoms with Gasteiger partial charge in [0.2, 0.25) is 5.95 Å². The van der Waals surface area contributed by atoms with Gasteiger partial charge in [0.25, 0.3) is 5.92 Å². The number of halogens is 2. The normalized spacial score (nSPS) is 14.2. The molecule has 0 saturated heterocycles. The topological polar surface area (TPSA) is 67.5 Å². The van der Waals surface area contributed by atoms with Crippen molar-refractivity contribution in [3.05, 3.63) is 36.3 Å². The predicted octanol–water partition coefficient (Wildman–Crippen LogP) is 3.90. The molecule has 26 heavy (non-hydrogen) atoms. The van der Waals surface area contributed by atoms with Gasteiger partial charge in [0.1, 0.15) is 0 Å². The number of nitrogens with zero attached hydrogens (tertiary/aromatic N) is 5. The summed E-state index contributed by atoms with van der Waals surface area (Å²) < 4.78 is 27.5. The standard InChI is InChI=1S/C18H18F2N6/c1-11-3-4-15-14(23-11)6-5-13(24-15)12-7-8-26-16(12)9-21-17(25-26)22-10-18(2,19)20/h5-9H,3-4,10H2,1-2H3,(H,22,25). The molecule has 4 heterocycles. The molecule has 0 spiro atoms. The van der Waals surface area contributed by atoms with Gasteiger partial charge >= 0.3 is 0 Å². The van der Waals surface area contributed by atoms with Crippen molar-refractivity contribution in [2.24, 2.45) is 4.99 Å². The maximum atomic E-state index is 13.0. The molecule has 0 fully saturated rings. The molecule has 6 nitrogen and oxygen atoms in total. The summed E-state index contributed by atoms with van der Waals surface area (Å²) in [7, 11) is 0. The Kier molecular flexibility index (Phi) is 3.90. The second kappa shape index (κ2) is 6.12. The Balaban J connectivity index is 1.66. The molecule has 134 valence electrons. The van der Waals surface area contributed by atoms with E-state index >= 15 is 0 Å². The van der Waals surface area contributed by atoms with Crippen LogP contribution in [0.4, 0.5) is 20.4 Å². The molecule has 0 radical (unpaired) electrons. The van der Waals surface area contributed by atoms with Crippen LogP contribution in [0.5, 0.6) is 0 Å². The van der Waals surface area contributed by atoms with Gasteiger partial charge in [-0.1, -0.05) is 0 Å². The van der Waals surface area contributed by atoms with E-state index in [1.165, 1.54) is 0 Å². The van der Waals surface area contributed by atoms with E-state index in [9.17, 15) is 8.78 Å². The summed E-state index contributed by atoms with van der Waals surface area (Å²) in [6, 6.07) is 5.80. The van der Waals surface area contributed by atoms with Crippen LogP contribution in [0, 0.1) is 0 Å². The van der Waals surface area contributed by atoms with Crippen LogP contribution in [-0.2, 0) is 6.42 Å². The Hall–Kier alpha value is -2.90. The van der Waals surface area contributed by atoms with E-state index < -0.39 is 12.5 Å². The average Bonchev–Trinajstić information content (AvgIpc) is 3.02. The van der Waals surface area contributed by atoms with Gasteiger partial charge in [-0.05, 0) is 38.0 Å². The van der Waals surface area contributed by atoms with Gasteiger partial charge in [0.15, 0.2) is 0 Å². The first-order valence-corrected chi connectivity index (χ1v) is 8.40. The van der Waals surface area contributed by atoms with Crippen LogP contribution < -0.4 is 5.32 Å². The lowest BCUT2D eigenvalue weighted by molar-refractivity contribution is 0.0365. The van der Waals surface area contributed by atoms with Gasteiger partial charge in [0.05, 0.1) is 35.3 Å². The molecule has 3 aromatic rings. The highest BCUT2D eigenvalue weighted by Gasteiger charge is 2.21. The molecule has 0 amide bonds. The van der Waals surface area contributed by atoms with Gasteiger partial charge in [-0.15, -0.1) is 5.10 Å². The quantitative estimate of drug-likeness (QED) is 0.770. The highest BCUT2D eigenvalue weighted by molar-refractivity contribution is 5.87. The Morgan fingerprint density at radius 1 is 1.23 bits per heavy atom. The first kappa shape index (κ1) is 16.6. The molecule has 0 aliphatic carbocycles. The molecular weight excluding hydrogens is 338 g/mol. The Morgan fingerprint density at radius 3 is 2.88 bits per heavy atom. The van der Waals surface area contributed by atoms with Gasteiger partial charge < -0.3 is 5.32 Å². The van der Waals surface area contributed by atoms with Crippen LogP contribution in [0.15, 0.2) is 35.6 Å². The fourth-order valence-corrected chi connectivity index (χ4v) is 2.92. The summed E-state index contributed by atoms with van der Waals surface area (Å²) in [5.41, 5.74) is 5.51. The second-order valence-corrected chi connectivity index (χ2v) is 6.57. The number of aromatic nitrogens is 4. The van der Waals surface area contributed by atoms with E-state index in [0.717, 1.165) is 53.6 Å². The van der Waals surface area contributed by atoms with Gasteiger partial charge in [0, 0.05) is 24.4 Å². The lowest BCUT2D eigenvalue weighted by Gasteiger charge is -2.13. The zero-order valence-electron chi connectivity index (χ0n) is 14.5. The number of aryl methyl sites for hydroxylation is 1. The third-order valence-corrected chi connectivity index (χ3v) is 4.23. The zero-order chi connectivity index (χ0) is 18.3. The van der Waals surface area contributed by atoms with Crippen molar-refractivity contribution in [3.8, 4) is 11.3 Å². The minimum atomic E-state index is -2.83. The van der Waals surface area contributed by atoms with Crippen LogP contribution >= 0.6 is 0 Å². The predicted molar refractivity (Wildman–Crippen MR) is 96.4 cm³/mol. The Morgan fingerprint density at radius 2 is 2.08 bits per heavy atom. The lowest BCUT2D eigenvalue weighted by atomic mass is 10.1. The maximum Gasteiger partial charge on any atom is 0.262 e. The van der Waals surface area contributed by atoms with Crippen LogP contribution in [0.1, 0.15) is 26.0 Å². The number of alkyl halides is 2. The highest BCUT2D eigenvalue weighted by atomic mass is 19.3. The summed E-state index contributed by atoms with van der Waals surface area (Å²) in [6.45, 7) is 2.36. The van der Waals surface area contributed by atoms with Crippen molar-refractivity contribution in [1.82, 2.24) is 19.6 Å². The Labute approximate surface area is 149 Å². The number of nitrogens with one attached hydrogen (secondary N) is 1. The number of pyridine rings is 1. The summed E-state index contributed by atoms with van der Waals surface area (Å²) in [5, 5.41) is 6.78. The molecule has 8 heteroatoms. The van der Waals surface area contributed by atoms with Crippen LogP contribution in [0.25, 0.3) is 16.8 Å². The number of anilines is 1. The van der Waals surface area contributed by atoms with E-state index in [1.807, 2.05) is 25.1 Å². The van der Waals surface area contributed by atoms with Gasteiger partial charge in [-0.2, -0.15) is 0 Å². The SMILES string of the molecule is CC1=Nc2ccc(-c3ccn4nc(NCC(C)(F)F)ncc34)nc2CC1. The number of rotatable bonds is 4. The third-order valence-electron chi connectivity index (χ3n) is 4.23. The fourth-order valence-electron chi connectivity index (χ4n) is 2.92. The molecule has 3 aromatic heterocycles. The minimum absolute atomic E-state index is 0.157. The first-order chi connectivity index (χ1) is 12.4. The number of fused-ring (bicyclic) bond motifs is 2. The molecule has 0 unspecified atom stereocenters. The summed E-state index contributed by atoms with van der Waals surface area (Å²) in [5.74, 6) is -2.67. The van der Waals surface area contributed by atoms with Crippen molar-refractivity contribution >= 4 is 22.9 Å². The van der Waals surface area contributed by atoms with Crippen LogP contribution in [0.3, 0.4) is 0 Å². The van der Waals surface area contributed by atoms with E-state index in [2.05, 4.69) is 20.4 Å². The average molecular weight is 356 g/mol. The lowest BCUT2D eigenvalue weighted by Crippen LogP contribution is -2.24. The molecular formula is C18H18F2N6. The molecule has 4 rings (SSSR count). The fraction of sp³-hybridized carbons (Fsp3) is 0.333. The minimum Gasteiger partial charge on any atom is -0.347 e. The van der Waals surface area contributed by atoms with Crippen molar-refractivity contribution < 1.29 is 8.78 Å². The summed E-state index contributed by atoms with van der Waals surface area (Å²) in [4.78, 5) is 13.4. The smallest absolute Gasteiger partial charge is 0.262 e. The van der Waals surface area contributed by atoms with E-state index in [1.54, 1.807) is 16.9 Å². The van der Waals surface area contributed by atoms with E-state index in [4.69, 9.17) is 4.98 Å². The van der Waals surface area contributed by atoms with Crippen molar-refractivity contribution in [2.45, 2.75) is 32.6 Å².